The molecule has 1 aliphatic rings. The predicted octanol–water partition coefficient (Wildman–Crippen LogP) is 0.951. The Hall–Kier alpha value is 0.177. The van der Waals surface area contributed by atoms with E-state index in [1.54, 1.807) is 0 Å². The van der Waals surface area contributed by atoms with E-state index in [-0.39, 0.29) is 17.1 Å². The summed E-state index contributed by atoms with van der Waals surface area (Å²) in [4.78, 5) is 0. The van der Waals surface area contributed by atoms with Gasteiger partial charge in [-0.25, -0.2) is 0 Å². The second-order valence-corrected chi connectivity index (χ2v) is 1.06. The molecule has 0 aromatic carbocycles. The molecule has 1 aliphatic carbocycles. The Balaban J connectivity index is 0. The van der Waals surface area contributed by atoms with Gasteiger partial charge in [0.05, 0.1) is 0 Å². The molecule has 3 N–H and O–H groups in total. The molecule has 0 bridgehead atoms. The third-order valence-corrected chi connectivity index (χ3v) is 0.354. The van der Waals surface area contributed by atoms with Gasteiger partial charge in [0.2, 0.25) is 0 Å². The highest BCUT2D eigenvalue weighted by molar-refractivity contribution is 5.75. The van der Waals surface area contributed by atoms with Crippen molar-refractivity contribution < 1.29 is 0 Å². The maximum atomic E-state index is 1.50. The maximum Gasteiger partial charge on any atom is 0 e. The molecule has 30 valence electrons. The van der Waals surface area contributed by atoms with Crippen LogP contribution in [0.15, 0.2) is 0 Å². The topological polar surface area (TPSA) is 35.0 Å². The zero-order valence-electron chi connectivity index (χ0n) is 3.33. The van der Waals surface area contributed by atoms with E-state index in [1.807, 2.05) is 0 Å². The molecule has 0 amide bonds. The zero-order valence-corrected chi connectivity index (χ0v) is 4.33. The van der Waals surface area contributed by atoms with Crippen LogP contribution in [0.2, 0.25) is 0 Å². The summed E-state index contributed by atoms with van der Waals surface area (Å²) in [6, 6.07) is 0. The van der Waals surface area contributed by atoms with E-state index in [0.29, 0.717) is 0 Å². The van der Waals surface area contributed by atoms with Crippen LogP contribution in [0.25, 0.3) is 0 Å². The molecule has 4 radical (unpaired) electrons. The van der Waals surface area contributed by atoms with Crippen LogP contribution in [0.3, 0.4) is 0 Å². The van der Waals surface area contributed by atoms with Crippen LogP contribution in [-0.2, 0) is 0 Å². The lowest BCUT2D eigenvalue weighted by Gasteiger charge is -1.05. The summed E-state index contributed by atoms with van der Waals surface area (Å²) >= 11 is 0. The van der Waals surface area contributed by atoms with Gasteiger partial charge in [-0.15, -0.1) is 0 Å². The van der Waals surface area contributed by atoms with Gasteiger partial charge in [0.1, 0.15) is 0 Å². The Morgan fingerprint density at radius 2 is 1.00 bits per heavy atom. The van der Waals surface area contributed by atoms with E-state index in [1.165, 1.54) is 19.3 Å². The number of hydrogen-bond donors (Lipinski definition) is 1. The Kier molecular flexibility index (Phi) is 7.48. The van der Waals surface area contributed by atoms with Gasteiger partial charge >= 0.3 is 0 Å². The van der Waals surface area contributed by atoms with Crippen molar-refractivity contribution in [3.63, 3.8) is 0 Å². The van der Waals surface area contributed by atoms with E-state index in [2.05, 4.69) is 0 Å². The fourth-order valence-electron chi connectivity index (χ4n) is 0. The minimum Gasteiger partial charge on any atom is -0.344 e. The molecule has 1 nitrogen and oxygen atoms in total. The first-order valence-electron chi connectivity index (χ1n) is 1.50. The lowest BCUT2D eigenvalue weighted by Crippen LogP contribution is -0.856. The van der Waals surface area contributed by atoms with Crippen molar-refractivity contribution in [2.45, 2.75) is 19.3 Å². The van der Waals surface area contributed by atoms with Crippen molar-refractivity contribution in [1.29, 1.82) is 0 Å². The first-order valence-corrected chi connectivity index (χ1v) is 1.50. The molecule has 1 saturated carbocycles. The van der Waals surface area contributed by atoms with Gasteiger partial charge in [0.15, 0.2) is 0 Å². The van der Waals surface area contributed by atoms with Gasteiger partial charge in [-0.3, -0.25) is 0 Å². The second kappa shape index (κ2) is 4.18. The van der Waals surface area contributed by atoms with Crippen molar-refractivity contribution in [2.24, 2.45) is 0 Å². The molecule has 1 rings (SSSR count). The molecule has 0 aromatic rings. The molecular weight excluding hydrogens is 78.1 g/mol. The highest BCUT2D eigenvalue weighted by Crippen LogP contribution is 2.14. The summed E-state index contributed by atoms with van der Waals surface area (Å²) in [5, 5.41) is 0. The summed E-state index contributed by atoms with van der Waals surface area (Å²) < 4.78 is 0. The first kappa shape index (κ1) is 8.95. The lowest BCUT2D eigenvalue weighted by molar-refractivity contribution is 1.50. The third kappa shape index (κ3) is 14.3. The summed E-state index contributed by atoms with van der Waals surface area (Å²) in [5.41, 5.74) is 0. The van der Waals surface area contributed by atoms with Crippen molar-refractivity contribution in [3.8, 4) is 0 Å². The Morgan fingerprint density at radius 3 is 1.00 bits per heavy atom. The summed E-state index contributed by atoms with van der Waals surface area (Å²) in [6.45, 7) is 0. The Labute approximate surface area is 37.4 Å². The van der Waals surface area contributed by atoms with Crippen molar-refractivity contribution in [1.82, 2.24) is 6.15 Å². The Morgan fingerprint density at radius 1 is 0.800 bits per heavy atom. The van der Waals surface area contributed by atoms with Crippen LogP contribution in [0.4, 0.5) is 0 Å². The largest absolute Gasteiger partial charge is 0.344 e. The fourth-order valence-corrected chi connectivity index (χ4v) is 0. The molecule has 2 heteroatoms. The number of rotatable bonds is 0. The van der Waals surface area contributed by atoms with Gasteiger partial charge in [0.25, 0.3) is 0 Å². The Bertz CT molecular complexity index is 11.6. The lowest BCUT2D eigenvalue weighted by atomic mass is 11.0. The molecule has 0 aliphatic heterocycles. The monoisotopic (exact) mass is 87.1 g/mol. The second-order valence-electron chi connectivity index (χ2n) is 1.06. The van der Waals surface area contributed by atoms with Gasteiger partial charge in [-0.2, -0.15) is 0 Å². The van der Waals surface area contributed by atoms with E-state index in [9.17, 15) is 0 Å². The highest BCUT2D eigenvalue weighted by Gasteiger charge is 1.95. The quantitative estimate of drug-likeness (QED) is 0.439. The molecule has 0 aromatic heterocycles. The fraction of sp³-hybridized carbons (Fsp3) is 1.00. The van der Waals surface area contributed by atoms with Crippen molar-refractivity contribution in [3.05, 3.63) is 0 Å². The van der Waals surface area contributed by atoms with E-state index in [0.717, 1.165) is 0 Å². The molecule has 5 heavy (non-hydrogen) atoms. The minimum absolute atomic E-state index is 0. The van der Waals surface area contributed by atoms with Crippen LogP contribution in [0.1, 0.15) is 19.3 Å². The smallest absolute Gasteiger partial charge is 0 e. The normalized spacial score (nSPS) is 14.4. The molecular formula is C3H9NSi. The zero-order chi connectivity index (χ0) is 2.12. The minimum atomic E-state index is 0. The van der Waals surface area contributed by atoms with Crippen LogP contribution in [-0.4, -0.2) is 11.0 Å². The van der Waals surface area contributed by atoms with E-state index < -0.39 is 0 Å². The van der Waals surface area contributed by atoms with Gasteiger partial charge in [0, 0.05) is 11.0 Å². The maximum absolute atomic E-state index is 1.50. The standard InChI is InChI=1S/C3H6.H3N.Si/c1-2-3-1;;/h1-3H2;1H3;. The summed E-state index contributed by atoms with van der Waals surface area (Å²) in [5.74, 6) is 0. The van der Waals surface area contributed by atoms with Gasteiger partial charge in [-0.05, 0) is 0 Å². The van der Waals surface area contributed by atoms with Crippen molar-refractivity contribution >= 4 is 11.0 Å². The summed E-state index contributed by atoms with van der Waals surface area (Å²) in [7, 11) is 0. The average molecular weight is 87.2 g/mol. The van der Waals surface area contributed by atoms with E-state index >= 15 is 0 Å². The van der Waals surface area contributed by atoms with Crippen LogP contribution in [0, 0.1) is 0 Å². The predicted molar refractivity (Wildman–Crippen MR) is 24.6 cm³/mol. The first-order chi connectivity index (χ1) is 1.50. The molecule has 0 unspecified atom stereocenters. The molecule has 0 saturated heterocycles. The average Bonchev–Trinajstić information content (AvgIpc) is 1.46. The molecule has 0 heterocycles. The molecule has 0 spiro atoms. The van der Waals surface area contributed by atoms with Crippen molar-refractivity contribution in [2.75, 3.05) is 0 Å². The molecule has 1 fully saturated rings. The van der Waals surface area contributed by atoms with Gasteiger partial charge < -0.3 is 6.15 Å². The SMILES string of the molecule is C1CC1.N.[Si]. The third-order valence-electron chi connectivity index (χ3n) is 0.354. The van der Waals surface area contributed by atoms with Crippen LogP contribution >= 0.6 is 0 Å². The number of hydrogen-bond acceptors (Lipinski definition) is 1. The van der Waals surface area contributed by atoms with Crippen LogP contribution < -0.4 is 6.15 Å². The van der Waals surface area contributed by atoms with Crippen LogP contribution in [0.5, 0.6) is 0 Å². The van der Waals surface area contributed by atoms with E-state index in [4.69, 9.17) is 0 Å². The molecule has 0 atom stereocenters. The van der Waals surface area contributed by atoms with Gasteiger partial charge in [-0.1, -0.05) is 19.3 Å². The summed E-state index contributed by atoms with van der Waals surface area (Å²) in [6.07, 6.45) is 4.50. The highest BCUT2D eigenvalue weighted by atomic mass is 28.1.